The molecule has 1 aromatic heterocycles. The largest absolute Gasteiger partial charge is 0.353 e. The fourth-order valence-electron chi connectivity index (χ4n) is 2.56. The van der Waals surface area contributed by atoms with Gasteiger partial charge in [-0.25, -0.2) is 0 Å². The van der Waals surface area contributed by atoms with Crippen LogP contribution in [0.4, 0.5) is 0 Å². The highest BCUT2D eigenvalue weighted by Gasteiger charge is 2.07. The van der Waals surface area contributed by atoms with E-state index in [1.807, 2.05) is 13.1 Å². The molecule has 0 fully saturated rings. The van der Waals surface area contributed by atoms with Crippen LogP contribution in [0.1, 0.15) is 18.3 Å². The second-order valence-electron chi connectivity index (χ2n) is 5.87. The Kier molecular flexibility index (Phi) is 8.21. The SMILES string of the molecule is C=CCNC(=NCCn1cnnc1CC)N(C)Cc1ccc(SC)cc1. The van der Waals surface area contributed by atoms with E-state index < -0.39 is 0 Å². The summed E-state index contributed by atoms with van der Waals surface area (Å²) in [6, 6.07) is 8.64. The quantitative estimate of drug-likeness (QED) is 0.317. The van der Waals surface area contributed by atoms with Gasteiger partial charge >= 0.3 is 0 Å². The summed E-state index contributed by atoms with van der Waals surface area (Å²) in [5, 5.41) is 11.4. The molecule has 0 saturated heterocycles. The minimum atomic E-state index is 0.667. The number of nitrogens with zero attached hydrogens (tertiary/aromatic N) is 5. The molecule has 26 heavy (non-hydrogen) atoms. The van der Waals surface area contributed by atoms with Gasteiger partial charge in [-0.05, 0) is 24.0 Å². The normalized spacial score (nSPS) is 11.4. The molecule has 0 atom stereocenters. The monoisotopic (exact) mass is 372 g/mol. The number of thioether (sulfide) groups is 1. The van der Waals surface area contributed by atoms with Gasteiger partial charge in [0.15, 0.2) is 5.96 Å². The van der Waals surface area contributed by atoms with Crippen molar-refractivity contribution >= 4 is 17.7 Å². The van der Waals surface area contributed by atoms with Crippen molar-refractivity contribution in [3.63, 3.8) is 0 Å². The smallest absolute Gasteiger partial charge is 0.194 e. The zero-order valence-electron chi connectivity index (χ0n) is 15.9. The molecule has 6 nitrogen and oxygen atoms in total. The van der Waals surface area contributed by atoms with Gasteiger partial charge in [-0.1, -0.05) is 25.1 Å². The van der Waals surface area contributed by atoms with Crippen molar-refractivity contribution < 1.29 is 0 Å². The molecule has 7 heteroatoms. The van der Waals surface area contributed by atoms with E-state index in [9.17, 15) is 0 Å². The van der Waals surface area contributed by atoms with Gasteiger partial charge in [-0.2, -0.15) is 0 Å². The third-order valence-electron chi connectivity index (χ3n) is 3.96. The molecule has 0 saturated carbocycles. The Morgan fingerprint density at radius 3 is 2.81 bits per heavy atom. The molecule has 2 rings (SSSR count). The van der Waals surface area contributed by atoms with Gasteiger partial charge in [0.2, 0.25) is 0 Å². The van der Waals surface area contributed by atoms with Gasteiger partial charge in [-0.15, -0.1) is 28.5 Å². The van der Waals surface area contributed by atoms with E-state index in [4.69, 9.17) is 4.99 Å². The van der Waals surface area contributed by atoms with Crippen molar-refractivity contribution in [2.45, 2.75) is 31.3 Å². The van der Waals surface area contributed by atoms with Crippen LogP contribution in [-0.4, -0.2) is 52.0 Å². The van der Waals surface area contributed by atoms with E-state index in [0.29, 0.717) is 13.1 Å². The summed E-state index contributed by atoms with van der Waals surface area (Å²) >= 11 is 1.75. The fraction of sp³-hybridized carbons (Fsp3) is 0.421. The number of aryl methyl sites for hydroxylation is 1. The number of nitrogens with one attached hydrogen (secondary N) is 1. The zero-order chi connectivity index (χ0) is 18.8. The van der Waals surface area contributed by atoms with Crippen molar-refractivity contribution in [3.05, 3.63) is 54.6 Å². The van der Waals surface area contributed by atoms with Gasteiger partial charge in [0.05, 0.1) is 6.54 Å². The lowest BCUT2D eigenvalue weighted by Crippen LogP contribution is -2.38. The summed E-state index contributed by atoms with van der Waals surface area (Å²) in [7, 11) is 2.05. The average Bonchev–Trinajstić information content (AvgIpc) is 3.12. The second kappa shape index (κ2) is 10.7. The van der Waals surface area contributed by atoms with Crippen molar-refractivity contribution in [1.29, 1.82) is 0 Å². The first-order valence-corrected chi connectivity index (χ1v) is 10.00. The molecule has 140 valence electrons. The lowest BCUT2D eigenvalue weighted by atomic mass is 10.2. The summed E-state index contributed by atoms with van der Waals surface area (Å²) in [5.41, 5.74) is 1.26. The molecule has 2 aromatic rings. The lowest BCUT2D eigenvalue weighted by Gasteiger charge is -2.22. The molecule has 0 aliphatic carbocycles. The molecule has 1 heterocycles. The molecule has 1 N–H and O–H groups in total. The predicted octanol–water partition coefficient (Wildman–Crippen LogP) is 2.83. The van der Waals surface area contributed by atoms with Crippen LogP contribution < -0.4 is 5.32 Å². The van der Waals surface area contributed by atoms with E-state index >= 15 is 0 Å². The van der Waals surface area contributed by atoms with Crippen LogP contribution in [0.15, 0.2) is 53.1 Å². The number of hydrogen-bond acceptors (Lipinski definition) is 4. The van der Waals surface area contributed by atoms with Crippen LogP contribution in [0.2, 0.25) is 0 Å². The average molecular weight is 373 g/mol. The third kappa shape index (κ3) is 5.91. The maximum Gasteiger partial charge on any atom is 0.194 e. The molecule has 1 aromatic carbocycles. The van der Waals surface area contributed by atoms with E-state index in [2.05, 4.69) is 69.0 Å². The molecular formula is C19H28N6S. The summed E-state index contributed by atoms with van der Waals surface area (Å²) in [5.74, 6) is 1.85. The lowest BCUT2D eigenvalue weighted by molar-refractivity contribution is 0.477. The summed E-state index contributed by atoms with van der Waals surface area (Å²) in [6.07, 6.45) is 6.57. The van der Waals surface area contributed by atoms with Crippen molar-refractivity contribution in [1.82, 2.24) is 25.0 Å². The van der Waals surface area contributed by atoms with Crippen molar-refractivity contribution in [2.75, 3.05) is 26.4 Å². The fourth-order valence-corrected chi connectivity index (χ4v) is 2.97. The predicted molar refractivity (Wildman–Crippen MR) is 110 cm³/mol. The van der Waals surface area contributed by atoms with Crippen LogP contribution in [-0.2, 0) is 19.5 Å². The highest BCUT2D eigenvalue weighted by molar-refractivity contribution is 7.98. The maximum atomic E-state index is 4.74. The number of aliphatic imine (C=N–C) groups is 1. The molecule has 0 radical (unpaired) electrons. The minimum absolute atomic E-state index is 0.667. The number of hydrogen-bond donors (Lipinski definition) is 1. The van der Waals surface area contributed by atoms with Gasteiger partial charge in [-0.3, -0.25) is 4.99 Å². The first-order chi connectivity index (χ1) is 12.7. The Hall–Kier alpha value is -2.28. The van der Waals surface area contributed by atoms with Crippen molar-refractivity contribution in [2.24, 2.45) is 4.99 Å². The molecule has 0 aliphatic heterocycles. The van der Waals surface area contributed by atoms with Crippen LogP contribution in [0, 0.1) is 0 Å². The Labute approximate surface area is 160 Å². The second-order valence-corrected chi connectivity index (χ2v) is 6.75. The first-order valence-electron chi connectivity index (χ1n) is 8.77. The molecule has 0 aliphatic rings. The Bertz CT molecular complexity index is 707. The maximum absolute atomic E-state index is 4.74. The van der Waals surface area contributed by atoms with Crippen LogP contribution in [0.3, 0.4) is 0 Å². The Morgan fingerprint density at radius 1 is 1.38 bits per heavy atom. The van der Waals surface area contributed by atoms with Crippen LogP contribution in [0.5, 0.6) is 0 Å². The van der Waals surface area contributed by atoms with Crippen LogP contribution in [0.25, 0.3) is 0 Å². The van der Waals surface area contributed by atoms with Crippen molar-refractivity contribution in [3.8, 4) is 0 Å². The van der Waals surface area contributed by atoms with E-state index in [1.165, 1.54) is 10.5 Å². The molecule has 0 unspecified atom stereocenters. The summed E-state index contributed by atoms with van der Waals surface area (Å²) < 4.78 is 2.05. The van der Waals surface area contributed by atoms with Gasteiger partial charge in [0.1, 0.15) is 12.2 Å². The zero-order valence-corrected chi connectivity index (χ0v) is 16.7. The van der Waals surface area contributed by atoms with Crippen LogP contribution >= 0.6 is 11.8 Å². The molecule has 0 bridgehead atoms. The number of guanidine groups is 1. The first kappa shape index (κ1) is 20.0. The Balaban J connectivity index is 2.00. The Morgan fingerprint density at radius 2 is 2.15 bits per heavy atom. The topological polar surface area (TPSA) is 58.3 Å². The highest BCUT2D eigenvalue weighted by atomic mass is 32.2. The van der Waals surface area contributed by atoms with E-state index in [0.717, 1.165) is 31.3 Å². The number of aromatic nitrogens is 3. The third-order valence-corrected chi connectivity index (χ3v) is 4.70. The highest BCUT2D eigenvalue weighted by Crippen LogP contribution is 2.15. The molecular weight excluding hydrogens is 344 g/mol. The minimum Gasteiger partial charge on any atom is -0.353 e. The standard InChI is InChI=1S/C19H28N6S/c1-5-11-20-19(21-12-13-25-15-22-23-18(25)6-2)24(3)14-16-7-9-17(26-4)10-8-16/h5,7-10,15H,1,6,11-14H2,2-4H3,(H,20,21). The number of benzene rings is 1. The van der Waals surface area contributed by atoms with Gasteiger partial charge < -0.3 is 14.8 Å². The van der Waals surface area contributed by atoms with Gasteiger partial charge in [0.25, 0.3) is 0 Å². The summed E-state index contributed by atoms with van der Waals surface area (Å²) in [4.78, 5) is 8.15. The van der Waals surface area contributed by atoms with Gasteiger partial charge in [0, 0.05) is 38.0 Å². The number of rotatable bonds is 9. The summed E-state index contributed by atoms with van der Waals surface area (Å²) in [6.45, 7) is 8.77. The van der Waals surface area contributed by atoms with E-state index in [1.54, 1.807) is 18.1 Å². The molecule has 0 amide bonds. The molecule has 0 spiro atoms. The van der Waals surface area contributed by atoms with E-state index in [-0.39, 0.29) is 0 Å².